The molecule has 2 aromatic rings. The van der Waals surface area contributed by atoms with E-state index >= 15 is 0 Å². The summed E-state index contributed by atoms with van der Waals surface area (Å²) in [6, 6.07) is 9.28. The van der Waals surface area contributed by atoms with Crippen LogP contribution in [0.5, 0.6) is 0 Å². The molecule has 3 rings (SSSR count). The van der Waals surface area contributed by atoms with E-state index in [0.717, 1.165) is 36.1 Å². The molecule has 38 heavy (non-hydrogen) atoms. The molecule has 0 saturated heterocycles. The number of hydrogen-bond acceptors (Lipinski definition) is 4. The Hall–Kier alpha value is -2.40. The standard InChI is InChI=1S/C26H33Cl2FN4O4S/c1-4-23(26(35)30-18-10-5-6-11-18)32(16-19-20(27)12-9-13-21(19)28)25(34)17-33(38(36,37)31(2)3)24-15-8-7-14-22(24)29/h7-9,12-15,18,23H,4-6,10-11,16-17H2,1-3H3,(H,30,35)/t23-/m1/s1. The van der Waals surface area contributed by atoms with Crippen LogP contribution in [0.1, 0.15) is 44.6 Å². The van der Waals surface area contributed by atoms with Crippen molar-refractivity contribution in [3.8, 4) is 0 Å². The van der Waals surface area contributed by atoms with E-state index in [9.17, 15) is 22.4 Å². The van der Waals surface area contributed by atoms with Crippen molar-refractivity contribution in [2.45, 2.75) is 57.7 Å². The first-order valence-corrected chi connectivity index (χ1v) is 14.6. The summed E-state index contributed by atoms with van der Waals surface area (Å²) in [5.74, 6) is -1.86. The topological polar surface area (TPSA) is 90.0 Å². The molecule has 12 heteroatoms. The number of carbonyl (C=O) groups is 2. The predicted molar refractivity (Wildman–Crippen MR) is 148 cm³/mol. The summed E-state index contributed by atoms with van der Waals surface area (Å²) in [4.78, 5) is 28.5. The van der Waals surface area contributed by atoms with Gasteiger partial charge in [0.25, 0.3) is 0 Å². The van der Waals surface area contributed by atoms with E-state index in [4.69, 9.17) is 23.2 Å². The van der Waals surface area contributed by atoms with Crippen molar-refractivity contribution >= 4 is 50.9 Å². The van der Waals surface area contributed by atoms with Gasteiger partial charge in [0.05, 0.1) is 5.69 Å². The molecule has 0 unspecified atom stereocenters. The number of anilines is 1. The Labute approximate surface area is 233 Å². The first-order valence-electron chi connectivity index (χ1n) is 12.4. The quantitative estimate of drug-likeness (QED) is 0.416. The molecule has 1 fully saturated rings. The Balaban J connectivity index is 2.02. The minimum absolute atomic E-state index is 0.0152. The van der Waals surface area contributed by atoms with Gasteiger partial charge >= 0.3 is 10.2 Å². The summed E-state index contributed by atoms with van der Waals surface area (Å²) in [6.45, 7) is 0.885. The molecule has 1 atom stereocenters. The number of benzene rings is 2. The Morgan fingerprint density at radius 1 is 1.05 bits per heavy atom. The number of nitrogens with one attached hydrogen (secondary N) is 1. The lowest BCUT2D eigenvalue weighted by molar-refractivity contribution is -0.140. The van der Waals surface area contributed by atoms with Gasteiger partial charge in [-0.05, 0) is 43.5 Å². The minimum Gasteiger partial charge on any atom is -0.352 e. The number of amides is 2. The van der Waals surface area contributed by atoms with Gasteiger partial charge in [-0.1, -0.05) is 61.2 Å². The molecule has 2 amide bonds. The molecule has 0 radical (unpaired) electrons. The maximum atomic E-state index is 14.8. The molecule has 1 aliphatic carbocycles. The van der Waals surface area contributed by atoms with Gasteiger partial charge in [0.1, 0.15) is 18.4 Å². The lowest BCUT2D eigenvalue weighted by Crippen LogP contribution is -2.54. The molecule has 1 saturated carbocycles. The number of rotatable bonds is 11. The molecule has 0 aromatic heterocycles. The van der Waals surface area contributed by atoms with Gasteiger partial charge in [-0.3, -0.25) is 9.59 Å². The first-order chi connectivity index (χ1) is 18.0. The minimum atomic E-state index is -4.28. The molecule has 2 aromatic carbocycles. The molecule has 1 N–H and O–H groups in total. The van der Waals surface area contributed by atoms with Crippen LogP contribution in [0.25, 0.3) is 0 Å². The number of halogens is 3. The molecule has 0 bridgehead atoms. The second kappa shape index (κ2) is 13.1. The second-order valence-corrected chi connectivity index (χ2v) is 12.3. The molecule has 8 nitrogen and oxygen atoms in total. The lowest BCUT2D eigenvalue weighted by Gasteiger charge is -2.34. The molecular formula is C26H33Cl2FN4O4S. The maximum absolute atomic E-state index is 14.8. The number of para-hydroxylation sites is 1. The fraction of sp³-hybridized carbons (Fsp3) is 0.462. The SMILES string of the molecule is CC[C@H](C(=O)NC1CCCC1)N(Cc1c(Cl)cccc1Cl)C(=O)CN(c1ccccc1F)S(=O)(=O)N(C)C. The summed E-state index contributed by atoms with van der Waals surface area (Å²) < 4.78 is 42.8. The number of hydrogen-bond donors (Lipinski definition) is 1. The normalized spacial score (nSPS) is 14.9. The summed E-state index contributed by atoms with van der Waals surface area (Å²) in [7, 11) is -1.70. The number of nitrogens with zero attached hydrogens (tertiary/aromatic N) is 3. The van der Waals surface area contributed by atoms with Crippen LogP contribution in [0.15, 0.2) is 42.5 Å². The van der Waals surface area contributed by atoms with Gasteiger partial charge in [0, 0.05) is 42.3 Å². The van der Waals surface area contributed by atoms with Crippen molar-refractivity contribution in [1.82, 2.24) is 14.5 Å². The molecule has 208 valence electrons. The van der Waals surface area contributed by atoms with Crippen molar-refractivity contribution in [3.05, 3.63) is 63.9 Å². The van der Waals surface area contributed by atoms with Crippen LogP contribution < -0.4 is 9.62 Å². The zero-order valence-corrected chi connectivity index (χ0v) is 24.0. The van der Waals surface area contributed by atoms with Crippen molar-refractivity contribution < 1.29 is 22.4 Å². The van der Waals surface area contributed by atoms with E-state index in [1.165, 1.54) is 37.2 Å². The highest BCUT2D eigenvalue weighted by Gasteiger charge is 2.35. The third-order valence-electron chi connectivity index (χ3n) is 6.62. The summed E-state index contributed by atoms with van der Waals surface area (Å²) in [5.41, 5.74) is 0.137. The van der Waals surface area contributed by atoms with E-state index in [-0.39, 0.29) is 30.6 Å². The van der Waals surface area contributed by atoms with Gasteiger partial charge in [-0.15, -0.1) is 0 Å². The van der Waals surface area contributed by atoms with Crippen LogP contribution in [-0.4, -0.2) is 62.2 Å². The first kappa shape index (κ1) is 30.1. The fourth-order valence-corrected chi connectivity index (χ4v) is 6.08. The fourth-order valence-electron chi connectivity index (χ4n) is 4.50. The van der Waals surface area contributed by atoms with Crippen LogP contribution >= 0.6 is 23.2 Å². The summed E-state index contributed by atoms with van der Waals surface area (Å²) in [6.07, 6.45) is 3.99. The van der Waals surface area contributed by atoms with Gasteiger partial charge in [-0.2, -0.15) is 12.7 Å². The van der Waals surface area contributed by atoms with Crippen molar-refractivity contribution in [2.75, 3.05) is 24.9 Å². The van der Waals surface area contributed by atoms with Gasteiger partial charge < -0.3 is 10.2 Å². The highest BCUT2D eigenvalue weighted by atomic mass is 35.5. The molecular weight excluding hydrogens is 554 g/mol. The Morgan fingerprint density at radius 2 is 1.66 bits per heavy atom. The average molecular weight is 588 g/mol. The monoisotopic (exact) mass is 586 g/mol. The van der Waals surface area contributed by atoms with E-state index < -0.39 is 34.5 Å². The zero-order valence-electron chi connectivity index (χ0n) is 21.7. The Bertz CT molecular complexity index is 1240. The van der Waals surface area contributed by atoms with Crippen LogP contribution in [0, 0.1) is 5.82 Å². The summed E-state index contributed by atoms with van der Waals surface area (Å²) >= 11 is 12.8. The lowest BCUT2D eigenvalue weighted by atomic mass is 10.1. The highest BCUT2D eigenvalue weighted by molar-refractivity contribution is 7.90. The Kier molecular flexibility index (Phi) is 10.4. The van der Waals surface area contributed by atoms with Crippen molar-refractivity contribution in [3.63, 3.8) is 0 Å². The van der Waals surface area contributed by atoms with E-state index in [2.05, 4.69) is 5.32 Å². The molecule has 1 aliphatic rings. The third kappa shape index (κ3) is 6.97. The molecule has 0 spiro atoms. The molecule has 0 aliphatic heterocycles. The predicted octanol–water partition coefficient (Wildman–Crippen LogP) is 4.61. The van der Waals surface area contributed by atoms with Crippen LogP contribution in [-0.2, 0) is 26.3 Å². The largest absolute Gasteiger partial charge is 0.352 e. The van der Waals surface area contributed by atoms with Crippen LogP contribution in [0.2, 0.25) is 10.0 Å². The number of carbonyl (C=O) groups excluding carboxylic acids is 2. The van der Waals surface area contributed by atoms with E-state index in [1.807, 2.05) is 0 Å². The third-order valence-corrected chi connectivity index (χ3v) is 9.13. The molecule has 0 heterocycles. The zero-order chi connectivity index (χ0) is 28.0. The van der Waals surface area contributed by atoms with Crippen molar-refractivity contribution in [2.24, 2.45) is 0 Å². The van der Waals surface area contributed by atoms with E-state index in [1.54, 1.807) is 25.1 Å². The van der Waals surface area contributed by atoms with Crippen LogP contribution in [0.4, 0.5) is 10.1 Å². The van der Waals surface area contributed by atoms with Crippen LogP contribution in [0.3, 0.4) is 0 Å². The smallest absolute Gasteiger partial charge is 0.304 e. The van der Waals surface area contributed by atoms with E-state index in [0.29, 0.717) is 19.9 Å². The maximum Gasteiger partial charge on any atom is 0.304 e. The van der Waals surface area contributed by atoms with Gasteiger partial charge in [0.15, 0.2) is 0 Å². The van der Waals surface area contributed by atoms with Gasteiger partial charge in [0.2, 0.25) is 11.8 Å². The van der Waals surface area contributed by atoms with Gasteiger partial charge in [-0.25, -0.2) is 8.70 Å². The van der Waals surface area contributed by atoms with Crippen molar-refractivity contribution in [1.29, 1.82) is 0 Å². The second-order valence-electron chi connectivity index (χ2n) is 9.38. The highest BCUT2D eigenvalue weighted by Crippen LogP contribution is 2.29. The average Bonchev–Trinajstić information content (AvgIpc) is 3.37. The Morgan fingerprint density at radius 3 is 2.21 bits per heavy atom. The summed E-state index contributed by atoms with van der Waals surface area (Å²) in [5, 5.41) is 3.62.